The lowest BCUT2D eigenvalue weighted by molar-refractivity contribution is 0.374. The van der Waals surface area contributed by atoms with Gasteiger partial charge in [0.15, 0.2) is 0 Å². The average Bonchev–Trinajstić information content (AvgIpc) is 3.39. The summed E-state index contributed by atoms with van der Waals surface area (Å²) in [5.74, 6) is 2.34. The van der Waals surface area contributed by atoms with Crippen LogP contribution in [0.4, 0.5) is 0 Å². The topological polar surface area (TPSA) is 47.9 Å². The second-order valence-electron chi connectivity index (χ2n) is 11.6. The molecule has 3 aliphatic rings. The molecule has 2 aliphatic carbocycles. The van der Waals surface area contributed by atoms with Crippen LogP contribution in [0.2, 0.25) is 0 Å². The number of pyridine rings is 1. The minimum Gasteiger partial charge on any atom is -0.457 e. The lowest BCUT2D eigenvalue weighted by Gasteiger charge is -2.43. The lowest BCUT2D eigenvalue weighted by atomic mass is 9.62. The predicted octanol–water partition coefficient (Wildman–Crippen LogP) is 9.15. The Kier molecular flexibility index (Phi) is 5.51. The third-order valence-electron chi connectivity index (χ3n) is 9.36. The number of allylic oxidation sites excluding steroid dienone is 4. The maximum Gasteiger partial charge on any atom is 0.132 e. The summed E-state index contributed by atoms with van der Waals surface area (Å²) in [6.07, 6.45) is 9.13. The van der Waals surface area contributed by atoms with E-state index in [-0.39, 0.29) is 11.3 Å². The molecule has 0 fully saturated rings. The van der Waals surface area contributed by atoms with Crippen molar-refractivity contribution in [1.82, 2.24) is 15.2 Å². The summed E-state index contributed by atoms with van der Waals surface area (Å²) < 4.78 is 6.70. The van der Waals surface area contributed by atoms with Crippen LogP contribution in [0.5, 0.6) is 11.5 Å². The van der Waals surface area contributed by atoms with Crippen LogP contribution >= 0.6 is 0 Å². The molecule has 0 saturated carbocycles. The highest BCUT2D eigenvalue weighted by atomic mass is 16.5. The van der Waals surface area contributed by atoms with Crippen molar-refractivity contribution in [2.75, 3.05) is 0 Å². The van der Waals surface area contributed by atoms with E-state index in [1.807, 2.05) is 60.7 Å². The molecule has 1 aliphatic heterocycles. The molecular formula is C40H27N3O. The molecule has 0 saturated heterocycles. The van der Waals surface area contributed by atoms with Crippen molar-refractivity contribution < 1.29 is 4.74 Å². The molecule has 4 heteroatoms. The third kappa shape index (κ3) is 3.61. The van der Waals surface area contributed by atoms with E-state index in [2.05, 4.69) is 101 Å². The van der Waals surface area contributed by atoms with Gasteiger partial charge in [0.05, 0.1) is 22.5 Å². The fraction of sp³-hybridized carbons (Fsp3) is 0.0750. The Hall–Kier alpha value is -5.61. The van der Waals surface area contributed by atoms with E-state index in [4.69, 9.17) is 9.72 Å². The lowest BCUT2D eigenvalue weighted by Crippen LogP contribution is -2.37. The maximum absolute atomic E-state index is 6.70. The summed E-state index contributed by atoms with van der Waals surface area (Å²) in [5.41, 5.74) is 10.1. The first-order valence-electron chi connectivity index (χ1n) is 15.0. The Morgan fingerprint density at radius 3 is 2.11 bits per heavy atom. The van der Waals surface area contributed by atoms with E-state index in [0.717, 1.165) is 45.4 Å². The normalized spacial score (nSPS) is 20.4. The molecule has 3 unspecified atom stereocenters. The number of nitrogens with zero attached hydrogens (tertiary/aromatic N) is 3. The van der Waals surface area contributed by atoms with Gasteiger partial charge in [-0.15, -0.1) is 10.2 Å². The molecule has 208 valence electrons. The Morgan fingerprint density at radius 2 is 1.23 bits per heavy atom. The summed E-state index contributed by atoms with van der Waals surface area (Å²) in [4.78, 5) is 5.02. The van der Waals surface area contributed by atoms with Gasteiger partial charge in [-0.3, -0.25) is 0 Å². The van der Waals surface area contributed by atoms with Gasteiger partial charge in [-0.1, -0.05) is 115 Å². The first-order valence-corrected chi connectivity index (χ1v) is 15.0. The summed E-state index contributed by atoms with van der Waals surface area (Å²) in [7, 11) is 0. The van der Waals surface area contributed by atoms with E-state index >= 15 is 0 Å². The highest BCUT2D eigenvalue weighted by molar-refractivity contribution is 5.74. The Morgan fingerprint density at radius 1 is 0.500 bits per heavy atom. The molecule has 4 aromatic carbocycles. The maximum atomic E-state index is 6.70. The third-order valence-corrected chi connectivity index (χ3v) is 9.36. The molecule has 3 heterocycles. The van der Waals surface area contributed by atoms with Crippen molar-refractivity contribution in [2.24, 2.45) is 5.92 Å². The number of benzene rings is 4. The predicted molar refractivity (Wildman–Crippen MR) is 173 cm³/mol. The highest BCUT2D eigenvalue weighted by Gasteiger charge is 2.56. The zero-order valence-corrected chi connectivity index (χ0v) is 23.8. The van der Waals surface area contributed by atoms with Crippen molar-refractivity contribution in [3.8, 4) is 45.4 Å². The second kappa shape index (κ2) is 9.72. The van der Waals surface area contributed by atoms with E-state index < -0.39 is 0 Å². The molecular weight excluding hydrogens is 538 g/mol. The Labute approximate surface area is 256 Å². The highest BCUT2D eigenvalue weighted by Crippen LogP contribution is 2.64. The van der Waals surface area contributed by atoms with Crippen LogP contribution in [0.3, 0.4) is 0 Å². The number of fused-ring (bicyclic) bond motifs is 9. The minimum absolute atomic E-state index is 0.249. The smallest absolute Gasteiger partial charge is 0.132 e. The van der Waals surface area contributed by atoms with Crippen molar-refractivity contribution in [3.63, 3.8) is 0 Å². The number of hydrogen-bond donors (Lipinski definition) is 0. The molecule has 2 aromatic heterocycles. The van der Waals surface area contributed by atoms with Crippen LogP contribution < -0.4 is 4.74 Å². The number of ether oxygens (including phenoxy) is 1. The summed E-state index contributed by atoms with van der Waals surface area (Å²) in [6.45, 7) is 0. The second-order valence-corrected chi connectivity index (χ2v) is 11.6. The number of rotatable bonds is 3. The van der Waals surface area contributed by atoms with Crippen LogP contribution in [0, 0.1) is 5.92 Å². The fourth-order valence-electron chi connectivity index (χ4n) is 7.50. The van der Waals surface area contributed by atoms with Gasteiger partial charge in [0.25, 0.3) is 0 Å². The van der Waals surface area contributed by atoms with Crippen LogP contribution in [0.25, 0.3) is 33.9 Å². The number of aromatic nitrogens is 3. The summed E-state index contributed by atoms with van der Waals surface area (Å²) in [6, 6.07) is 44.2. The fourth-order valence-corrected chi connectivity index (χ4v) is 7.50. The summed E-state index contributed by atoms with van der Waals surface area (Å²) in [5, 5.41) is 8.99. The quantitative estimate of drug-likeness (QED) is 0.215. The monoisotopic (exact) mass is 565 g/mol. The molecule has 1 spiro atoms. The average molecular weight is 566 g/mol. The van der Waals surface area contributed by atoms with Gasteiger partial charge in [-0.05, 0) is 47.5 Å². The first-order chi connectivity index (χ1) is 21.8. The van der Waals surface area contributed by atoms with Gasteiger partial charge in [0.1, 0.15) is 17.2 Å². The van der Waals surface area contributed by atoms with Crippen molar-refractivity contribution in [1.29, 1.82) is 0 Å². The van der Waals surface area contributed by atoms with E-state index in [9.17, 15) is 0 Å². The Bertz CT molecular complexity index is 2120. The van der Waals surface area contributed by atoms with Crippen molar-refractivity contribution in [3.05, 3.63) is 174 Å². The van der Waals surface area contributed by atoms with Crippen LogP contribution in [0.15, 0.2) is 152 Å². The van der Waals surface area contributed by atoms with Gasteiger partial charge >= 0.3 is 0 Å². The van der Waals surface area contributed by atoms with Gasteiger partial charge in [0, 0.05) is 34.1 Å². The largest absolute Gasteiger partial charge is 0.457 e. The number of hydrogen-bond acceptors (Lipinski definition) is 4. The molecule has 9 rings (SSSR count). The number of para-hydroxylation sites is 1. The van der Waals surface area contributed by atoms with Crippen LogP contribution in [-0.4, -0.2) is 15.2 Å². The molecule has 3 atom stereocenters. The zero-order chi connectivity index (χ0) is 29.1. The van der Waals surface area contributed by atoms with Crippen LogP contribution in [-0.2, 0) is 5.41 Å². The van der Waals surface area contributed by atoms with Gasteiger partial charge in [-0.25, -0.2) is 4.98 Å². The van der Waals surface area contributed by atoms with E-state index in [0.29, 0.717) is 5.92 Å². The Balaban J connectivity index is 1.15. The van der Waals surface area contributed by atoms with Crippen molar-refractivity contribution in [2.45, 2.75) is 11.3 Å². The molecule has 0 radical (unpaired) electrons. The molecule has 4 nitrogen and oxygen atoms in total. The molecule has 0 N–H and O–H groups in total. The van der Waals surface area contributed by atoms with E-state index in [1.54, 1.807) is 0 Å². The SMILES string of the molecule is C1=CC2c3ccccc3C3(c4ccccc4Oc4cc(-c5cccc(-c6ccc(-c7ccccc7)nn6)n5)ccc43)C2C=C1. The minimum atomic E-state index is -0.351. The molecule has 0 amide bonds. The van der Waals surface area contributed by atoms with Crippen LogP contribution in [0.1, 0.15) is 28.2 Å². The zero-order valence-electron chi connectivity index (χ0n) is 23.8. The van der Waals surface area contributed by atoms with E-state index in [1.165, 1.54) is 22.3 Å². The first kappa shape index (κ1) is 24.9. The molecule has 6 aromatic rings. The molecule has 0 bridgehead atoms. The van der Waals surface area contributed by atoms with Gasteiger partial charge in [-0.2, -0.15) is 0 Å². The van der Waals surface area contributed by atoms with Gasteiger partial charge < -0.3 is 4.74 Å². The molecule has 44 heavy (non-hydrogen) atoms. The standard InChI is InChI=1S/C40H27N3O/c1-2-11-26(12-3-1)35-23-24-37(43-42-35)36-19-10-18-34(41-36)27-21-22-33-39(25-27)44-38-20-9-8-17-32(38)40(33)30-15-6-4-13-28(30)29-14-5-7-16-31(29)40/h1-25,28,30H. The van der Waals surface area contributed by atoms with Crippen molar-refractivity contribution >= 4 is 0 Å². The van der Waals surface area contributed by atoms with Gasteiger partial charge in [0.2, 0.25) is 0 Å². The summed E-state index contributed by atoms with van der Waals surface area (Å²) >= 11 is 0.